The van der Waals surface area contributed by atoms with Gasteiger partial charge in [-0.3, -0.25) is 19.8 Å². The molecule has 1 aromatic heterocycles. The Morgan fingerprint density at radius 3 is 2.68 bits per heavy atom. The van der Waals surface area contributed by atoms with Crippen LogP contribution < -0.4 is 24.8 Å². The number of nitro benzene ring substituents is 1. The number of anilines is 2. The minimum atomic E-state index is -0.523. The van der Waals surface area contributed by atoms with Crippen molar-refractivity contribution >= 4 is 23.1 Å². The molecule has 3 rings (SSSR count). The van der Waals surface area contributed by atoms with E-state index >= 15 is 0 Å². The minimum absolute atomic E-state index is 0.180. The highest BCUT2D eigenvalue weighted by Crippen LogP contribution is 2.28. The van der Waals surface area contributed by atoms with Gasteiger partial charge in [-0.05, 0) is 25.1 Å². The van der Waals surface area contributed by atoms with E-state index in [4.69, 9.17) is 4.74 Å². The van der Waals surface area contributed by atoms with E-state index in [1.807, 2.05) is 31.3 Å². The van der Waals surface area contributed by atoms with Crippen molar-refractivity contribution in [2.75, 3.05) is 43.5 Å². The zero-order chi connectivity index (χ0) is 20.1. The molecule has 0 bridgehead atoms. The number of nitro groups is 1. The molecule has 1 aliphatic rings. The summed E-state index contributed by atoms with van der Waals surface area (Å²) in [5.41, 5.74) is -0.00101. The fourth-order valence-corrected chi connectivity index (χ4v) is 3.37. The number of benzene rings is 1. The molecule has 0 aliphatic carbocycles. The number of methoxy groups -OCH3 is 1. The Balaban J connectivity index is 1.62. The van der Waals surface area contributed by atoms with E-state index < -0.39 is 4.92 Å². The standard InChI is InChI=1S/C19H23N5O4/c1-14(22-9-11-23(12-10-22)18-5-3-4-8-20-18)19(25)21-16-7-6-15(28-2)13-17(16)24(26)27/h3-8,13-14H,9-12H2,1-2H3,(H,21,25)/p+2/t14-/m0/s1. The van der Waals surface area contributed by atoms with Crippen LogP contribution in [0.2, 0.25) is 0 Å². The fourth-order valence-electron chi connectivity index (χ4n) is 3.37. The van der Waals surface area contributed by atoms with Crippen molar-refractivity contribution in [1.29, 1.82) is 0 Å². The van der Waals surface area contributed by atoms with Crippen molar-refractivity contribution < 1.29 is 24.3 Å². The number of rotatable bonds is 6. The van der Waals surface area contributed by atoms with Crippen LogP contribution in [0.1, 0.15) is 6.92 Å². The molecule has 0 spiro atoms. The number of nitrogens with one attached hydrogen (secondary N) is 3. The third-order valence-corrected chi connectivity index (χ3v) is 5.10. The maximum Gasteiger partial charge on any atom is 0.296 e. The number of hydrogen-bond acceptors (Lipinski definition) is 5. The first-order valence-electron chi connectivity index (χ1n) is 9.19. The Hall–Kier alpha value is -3.20. The molecule has 0 saturated carbocycles. The molecular weight excluding hydrogens is 362 g/mol. The fraction of sp³-hybridized carbons (Fsp3) is 0.368. The van der Waals surface area contributed by atoms with Crippen molar-refractivity contribution in [2.24, 2.45) is 0 Å². The van der Waals surface area contributed by atoms with E-state index in [9.17, 15) is 14.9 Å². The van der Waals surface area contributed by atoms with Gasteiger partial charge in [0.25, 0.3) is 17.4 Å². The number of aromatic nitrogens is 1. The van der Waals surface area contributed by atoms with Gasteiger partial charge in [0, 0.05) is 6.07 Å². The molecule has 1 atom stereocenters. The molecule has 148 valence electrons. The van der Waals surface area contributed by atoms with Gasteiger partial charge in [0.15, 0.2) is 6.04 Å². The Labute approximate surface area is 163 Å². The average molecular weight is 387 g/mol. The first-order valence-corrected chi connectivity index (χ1v) is 9.19. The quantitative estimate of drug-likeness (QED) is 0.543. The van der Waals surface area contributed by atoms with Gasteiger partial charge in [-0.15, -0.1) is 0 Å². The molecule has 9 nitrogen and oxygen atoms in total. The summed E-state index contributed by atoms with van der Waals surface area (Å²) >= 11 is 0. The summed E-state index contributed by atoms with van der Waals surface area (Å²) in [5, 5.41) is 14.0. The third-order valence-electron chi connectivity index (χ3n) is 5.10. The summed E-state index contributed by atoms with van der Waals surface area (Å²) in [5.74, 6) is 1.20. The van der Waals surface area contributed by atoms with Crippen LogP contribution >= 0.6 is 0 Å². The summed E-state index contributed by atoms with van der Waals surface area (Å²) in [6.07, 6.45) is 1.90. The molecule has 1 aromatic carbocycles. The second-order valence-corrected chi connectivity index (χ2v) is 6.74. The highest BCUT2D eigenvalue weighted by atomic mass is 16.6. The lowest BCUT2D eigenvalue weighted by atomic mass is 10.2. The summed E-state index contributed by atoms with van der Waals surface area (Å²) in [6, 6.07) is 10.0. The smallest absolute Gasteiger partial charge is 0.296 e. The molecule has 0 radical (unpaired) electrons. The van der Waals surface area contributed by atoms with Crippen LogP contribution in [-0.4, -0.2) is 50.2 Å². The van der Waals surface area contributed by atoms with Gasteiger partial charge in [-0.1, -0.05) is 6.07 Å². The number of quaternary nitrogens is 1. The normalized spacial score (nSPS) is 15.7. The highest BCUT2D eigenvalue weighted by molar-refractivity contribution is 5.95. The topological polar surface area (TPSA) is 103 Å². The van der Waals surface area contributed by atoms with Gasteiger partial charge >= 0.3 is 0 Å². The van der Waals surface area contributed by atoms with Crippen molar-refractivity contribution in [3.05, 3.63) is 52.7 Å². The lowest BCUT2D eigenvalue weighted by Crippen LogP contribution is -3.19. The second kappa shape index (κ2) is 8.66. The van der Waals surface area contributed by atoms with Crippen LogP contribution in [0, 0.1) is 10.1 Å². The monoisotopic (exact) mass is 387 g/mol. The van der Waals surface area contributed by atoms with Crippen LogP contribution in [0.4, 0.5) is 17.2 Å². The number of carbonyl (C=O) groups is 1. The Morgan fingerprint density at radius 2 is 2.07 bits per heavy atom. The van der Waals surface area contributed by atoms with Crippen LogP contribution in [0.3, 0.4) is 0 Å². The van der Waals surface area contributed by atoms with E-state index in [0.29, 0.717) is 5.75 Å². The van der Waals surface area contributed by atoms with Crippen LogP contribution in [-0.2, 0) is 4.79 Å². The first-order chi connectivity index (χ1) is 13.5. The molecular formula is C19H25N5O4+2. The summed E-state index contributed by atoms with van der Waals surface area (Å²) in [4.78, 5) is 30.1. The average Bonchev–Trinajstić information content (AvgIpc) is 2.74. The van der Waals surface area contributed by atoms with Gasteiger partial charge in [0.2, 0.25) is 0 Å². The summed E-state index contributed by atoms with van der Waals surface area (Å²) in [7, 11) is 1.44. The number of amides is 1. The molecule has 1 fully saturated rings. The third kappa shape index (κ3) is 4.37. The predicted molar refractivity (Wildman–Crippen MR) is 104 cm³/mol. The molecule has 3 N–H and O–H groups in total. The molecule has 2 heterocycles. The van der Waals surface area contributed by atoms with Crippen molar-refractivity contribution in [3.63, 3.8) is 0 Å². The van der Waals surface area contributed by atoms with Crippen LogP contribution in [0.15, 0.2) is 42.6 Å². The molecule has 9 heteroatoms. The lowest BCUT2D eigenvalue weighted by molar-refractivity contribution is -0.914. The minimum Gasteiger partial charge on any atom is -0.496 e. The Kier molecular flexibility index (Phi) is 6.05. The van der Waals surface area contributed by atoms with Crippen molar-refractivity contribution in [3.8, 4) is 5.75 Å². The maximum atomic E-state index is 12.7. The molecule has 1 saturated heterocycles. The number of ether oxygens (including phenoxy) is 1. The molecule has 1 amide bonds. The zero-order valence-corrected chi connectivity index (χ0v) is 16.0. The van der Waals surface area contributed by atoms with E-state index in [1.165, 1.54) is 19.2 Å². The maximum absolute atomic E-state index is 12.7. The first kappa shape index (κ1) is 19.6. The van der Waals surface area contributed by atoms with Gasteiger partial charge in [-0.2, -0.15) is 0 Å². The molecule has 1 aliphatic heterocycles. The highest BCUT2D eigenvalue weighted by Gasteiger charge is 2.33. The van der Waals surface area contributed by atoms with Gasteiger partial charge in [0.05, 0.1) is 24.3 Å². The van der Waals surface area contributed by atoms with Crippen LogP contribution in [0.25, 0.3) is 0 Å². The molecule has 0 unspecified atom stereocenters. The number of pyridine rings is 1. The van der Waals surface area contributed by atoms with E-state index in [0.717, 1.165) is 36.9 Å². The van der Waals surface area contributed by atoms with Gasteiger partial charge < -0.3 is 15.0 Å². The van der Waals surface area contributed by atoms with Gasteiger partial charge in [0.1, 0.15) is 37.6 Å². The van der Waals surface area contributed by atoms with E-state index in [2.05, 4.69) is 15.2 Å². The van der Waals surface area contributed by atoms with E-state index in [-0.39, 0.29) is 23.3 Å². The number of hydrogen-bond donors (Lipinski definition) is 2. The largest absolute Gasteiger partial charge is 0.496 e. The van der Waals surface area contributed by atoms with Crippen molar-refractivity contribution in [2.45, 2.75) is 13.0 Å². The lowest BCUT2D eigenvalue weighted by Gasteiger charge is -2.31. The Bertz CT molecular complexity index is 837. The van der Waals surface area contributed by atoms with Gasteiger partial charge in [-0.25, -0.2) is 4.98 Å². The number of carbonyl (C=O) groups excluding carboxylic acids is 1. The number of piperazine rings is 1. The zero-order valence-electron chi connectivity index (χ0n) is 16.0. The SMILES string of the molecule is COc1ccc(NC(=O)[C@H](C)[NH+]2CCN(c3cccc[nH+]3)CC2)c([N+](=O)[O-])c1. The Morgan fingerprint density at radius 1 is 1.32 bits per heavy atom. The second-order valence-electron chi connectivity index (χ2n) is 6.74. The molecule has 2 aromatic rings. The van der Waals surface area contributed by atoms with E-state index in [1.54, 1.807) is 6.07 Å². The van der Waals surface area contributed by atoms with Crippen LogP contribution in [0.5, 0.6) is 5.75 Å². The number of H-pyrrole nitrogens is 1. The summed E-state index contributed by atoms with van der Waals surface area (Å²) in [6.45, 7) is 5.13. The molecule has 28 heavy (non-hydrogen) atoms. The van der Waals surface area contributed by atoms with Crippen molar-refractivity contribution in [1.82, 2.24) is 0 Å². The summed E-state index contributed by atoms with van der Waals surface area (Å²) < 4.78 is 5.03. The predicted octanol–water partition coefficient (Wildman–Crippen LogP) is 0.150. The number of aromatic amines is 1. The number of nitrogens with zero attached hydrogens (tertiary/aromatic N) is 2.